The van der Waals surface area contributed by atoms with Crippen molar-refractivity contribution in [2.24, 2.45) is 4.99 Å². The van der Waals surface area contributed by atoms with Crippen LogP contribution in [0.4, 0.5) is 0 Å². The summed E-state index contributed by atoms with van der Waals surface area (Å²) in [6.07, 6.45) is 8.39. The van der Waals surface area contributed by atoms with E-state index in [-0.39, 0.29) is 0 Å². The largest absolute Gasteiger partial charge is 0.292 e. The molecule has 0 fully saturated rings. The zero-order valence-corrected chi connectivity index (χ0v) is 17.0. The molecule has 3 aromatic rings. The van der Waals surface area contributed by atoms with Gasteiger partial charge in [0.05, 0.1) is 21.4 Å². The lowest BCUT2D eigenvalue weighted by Crippen LogP contribution is -2.33. The molecule has 0 saturated heterocycles. The molecular formula is C22H23N5S. The van der Waals surface area contributed by atoms with E-state index in [9.17, 15) is 0 Å². The third kappa shape index (κ3) is 3.79. The average Bonchev–Trinajstić information content (AvgIpc) is 3.20. The van der Waals surface area contributed by atoms with Crippen LogP contribution in [0.5, 0.6) is 0 Å². The molecule has 5 nitrogen and oxygen atoms in total. The van der Waals surface area contributed by atoms with Gasteiger partial charge in [-0.2, -0.15) is 0 Å². The number of aromatic nitrogens is 3. The quantitative estimate of drug-likeness (QED) is 0.464. The summed E-state index contributed by atoms with van der Waals surface area (Å²) in [5.74, 6) is 0.781. The summed E-state index contributed by atoms with van der Waals surface area (Å²) in [4.78, 5) is 20.0. The minimum Gasteiger partial charge on any atom is -0.292 e. The molecular weight excluding hydrogens is 366 g/mol. The summed E-state index contributed by atoms with van der Waals surface area (Å²) in [6.45, 7) is 9.58. The Morgan fingerprint density at radius 1 is 1.36 bits per heavy atom. The van der Waals surface area contributed by atoms with Crippen LogP contribution < -0.4 is 0 Å². The Kier molecular flexibility index (Phi) is 5.41. The first-order chi connectivity index (χ1) is 13.7. The summed E-state index contributed by atoms with van der Waals surface area (Å²) in [5.41, 5.74) is 7.69. The van der Waals surface area contributed by atoms with Crippen molar-refractivity contribution in [1.82, 2.24) is 19.9 Å². The molecule has 1 atom stereocenters. The molecule has 0 saturated carbocycles. The van der Waals surface area contributed by atoms with Crippen LogP contribution in [0.1, 0.15) is 42.5 Å². The van der Waals surface area contributed by atoms with Crippen molar-refractivity contribution < 1.29 is 0 Å². The van der Waals surface area contributed by atoms with Crippen LogP contribution in [0.25, 0.3) is 15.8 Å². The molecule has 1 aliphatic heterocycles. The van der Waals surface area contributed by atoms with Crippen LogP contribution in [0, 0.1) is 0 Å². The van der Waals surface area contributed by atoms with Gasteiger partial charge in [0.2, 0.25) is 0 Å². The van der Waals surface area contributed by atoms with Crippen LogP contribution in [-0.2, 0) is 13.0 Å². The topological polar surface area (TPSA) is 54.3 Å². The molecule has 3 heterocycles. The van der Waals surface area contributed by atoms with Crippen LogP contribution >= 0.6 is 11.3 Å². The third-order valence-corrected chi connectivity index (χ3v) is 6.05. The van der Waals surface area contributed by atoms with Gasteiger partial charge in [-0.25, -0.2) is 15.0 Å². The highest BCUT2D eigenvalue weighted by molar-refractivity contribution is 7.16. The molecule has 0 aliphatic carbocycles. The maximum atomic E-state index is 4.80. The molecule has 28 heavy (non-hydrogen) atoms. The number of hydrogen-bond donors (Lipinski definition) is 0. The van der Waals surface area contributed by atoms with Crippen LogP contribution in [0.3, 0.4) is 0 Å². The monoisotopic (exact) mass is 389 g/mol. The molecule has 0 spiro atoms. The predicted molar refractivity (Wildman–Crippen MR) is 117 cm³/mol. The van der Waals surface area contributed by atoms with Gasteiger partial charge in [0.25, 0.3) is 0 Å². The molecule has 6 heteroatoms. The average molecular weight is 390 g/mol. The minimum atomic E-state index is 0.331. The van der Waals surface area contributed by atoms with E-state index in [2.05, 4.69) is 51.7 Å². The van der Waals surface area contributed by atoms with Gasteiger partial charge in [-0.05, 0) is 49.9 Å². The molecule has 4 rings (SSSR count). The van der Waals surface area contributed by atoms with Gasteiger partial charge >= 0.3 is 0 Å². The second kappa shape index (κ2) is 8.12. The van der Waals surface area contributed by atoms with E-state index in [0.29, 0.717) is 6.04 Å². The van der Waals surface area contributed by atoms with Crippen LogP contribution in [0.15, 0.2) is 53.3 Å². The second-order valence-electron chi connectivity index (χ2n) is 7.02. The van der Waals surface area contributed by atoms with Crippen molar-refractivity contribution in [2.45, 2.75) is 32.9 Å². The smallest absolute Gasteiger partial charge is 0.154 e. The number of thiazole rings is 1. The van der Waals surface area contributed by atoms with E-state index in [1.165, 1.54) is 15.8 Å². The fourth-order valence-electron chi connectivity index (χ4n) is 3.53. The van der Waals surface area contributed by atoms with Crippen molar-refractivity contribution in [3.05, 3.63) is 70.9 Å². The third-order valence-electron chi connectivity index (χ3n) is 5.24. The van der Waals surface area contributed by atoms with Crippen LogP contribution in [-0.4, -0.2) is 33.1 Å². The van der Waals surface area contributed by atoms with Crippen molar-refractivity contribution >= 4 is 33.8 Å². The molecule has 0 amide bonds. The van der Waals surface area contributed by atoms with Gasteiger partial charge in [0.15, 0.2) is 5.82 Å². The molecule has 1 aromatic carbocycles. The van der Waals surface area contributed by atoms with E-state index in [0.717, 1.165) is 42.1 Å². The standard InChI is InChI=1S/C22H23N5S/c1-15(5-4-9-23-3)22-24-12-18-13-27(10-8-19(18)26-22)16(2)17-6-7-21-20(11-17)25-14-28-21/h4-7,9,11-12,14,16H,3,8,10,13H2,1-2H3/b9-4-,15-5+. The van der Waals surface area contributed by atoms with Gasteiger partial charge in [0, 0.05) is 43.5 Å². The highest BCUT2D eigenvalue weighted by Gasteiger charge is 2.23. The zero-order valence-electron chi connectivity index (χ0n) is 16.2. The van der Waals surface area contributed by atoms with Gasteiger partial charge in [-0.15, -0.1) is 11.3 Å². The number of benzene rings is 1. The first-order valence-electron chi connectivity index (χ1n) is 9.37. The van der Waals surface area contributed by atoms with Crippen molar-refractivity contribution in [1.29, 1.82) is 0 Å². The van der Waals surface area contributed by atoms with E-state index >= 15 is 0 Å². The summed E-state index contributed by atoms with van der Waals surface area (Å²) in [5, 5.41) is 0. The summed E-state index contributed by atoms with van der Waals surface area (Å²) in [7, 11) is 0. The highest BCUT2D eigenvalue weighted by Crippen LogP contribution is 2.29. The minimum absolute atomic E-state index is 0.331. The fourth-order valence-corrected chi connectivity index (χ4v) is 4.19. The molecule has 142 valence electrons. The molecule has 2 aromatic heterocycles. The van der Waals surface area contributed by atoms with E-state index in [4.69, 9.17) is 4.98 Å². The van der Waals surface area contributed by atoms with E-state index in [1.54, 1.807) is 17.5 Å². The molecule has 1 aliphatic rings. The highest BCUT2D eigenvalue weighted by atomic mass is 32.1. The lowest BCUT2D eigenvalue weighted by atomic mass is 10.0. The SMILES string of the molecule is C=N/C=C\C=C(/C)c1ncc2c(n1)CCN(C(C)c1ccc3scnc3c1)C2. The lowest BCUT2D eigenvalue weighted by Gasteiger charge is -2.33. The van der Waals surface area contributed by atoms with Gasteiger partial charge < -0.3 is 0 Å². The summed E-state index contributed by atoms with van der Waals surface area (Å²) in [6, 6.07) is 6.94. The Morgan fingerprint density at radius 2 is 2.25 bits per heavy atom. The van der Waals surface area contributed by atoms with E-state index < -0.39 is 0 Å². The number of fused-ring (bicyclic) bond motifs is 2. The zero-order chi connectivity index (χ0) is 19.5. The number of aliphatic imine (C=N–C) groups is 1. The normalized spacial score (nSPS) is 16.4. The Hall–Kier alpha value is -2.70. The predicted octanol–water partition coefficient (Wildman–Crippen LogP) is 4.82. The fraction of sp³-hybridized carbons (Fsp3) is 0.273. The molecule has 0 bridgehead atoms. The summed E-state index contributed by atoms with van der Waals surface area (Å²) >= 11 is 1.69. The van der Waals surface area contributed by atoms with Crippen molar-refractivity contribution in [3.8, 4) is 0 Å². The first kappa shape index (κ1) is 18.7. The Balaban J connectivity index is 1.52. The van der Waals surface area contributed by atoms with Crippen LogP contribution in [0.2, 0.25) is 0 Å². The number of hydrogen-bond acceptors (Lipinski definition) is 6. The van der Waals surface area contributed by atoms with Crippen molar-refractivity contribution in [2.75, 3.05) is 6.54 Å². The molecule has 0 radical (unpaired) electrons. The first-order valence-corrected chi connectivity index (χ1v) is 10.3. The summed E-state index contributed by atoms with van der Waals surface area (Å²) < 4.78 is 1.24. The van der Waals surface area contributed by atoms with Gasteiger partial charge in [-0.3, -0.25) is 9.89 Å². The van der Waals surface area contributed by atoms with Gasteiger partial charge in [0.1, 0.15) is 0 Å². The van der Waals surface area contributed by atoms with Crippen molar-refractivity contribution in [3.63, 3.8) is 0 Å². The second-order valence-corrected chi connectivity index (χ2v) is 7.90. The Morgan fingerprint density at radius 3 is 3.11 bits per heavy atom. The Bertz CT molecular complexity index is 1070. The van der Waals surface area contributed by atoms with Gasteiger partial charge in [-0.1, -0.05) is 12.1 Å². The van der Waals surface area contributed by atoms with E-state index in [1.807, 2.05) is 30.8 Å². The number of allylic oxidation sites excluding steroid dienone is 3. The number of nitrogens with zero attached hydrogens (tertiary/aromatic N) is 5. The maximum absolute atomic E-state index is 4.80. The molecule has 0 N–H and O–H groups in total. The Labute approximate surface area is 169 Å². The molecule has 1 unspecified atom stereocenters. The number of rotatable bonds is 5. The maximum Gasteiger partial charge on any atom is 0.154 e. The lowest BCUT2D eigenvalue weighted by molar-refractivity contribution is 0.190.